The van der Waals surface area contributed by atoms with E-state index >= 15 is 0 Å². The lowest BCUT2D eigenvalue weighted by atomic mass is 10.1. The zero-order chi connectivity index (χ0) is 15.8. The molecule has 0 aliphatic carbocycles. The lowest BCUT2D eigenvalue weighted by Gasteiger charge is -2.23. The first-order chi connectivity index (χ1) is 9.99. The Bertz CT molecular complexity index is 459. The molecule has 0 bridgehead atoms. The zero-order valence-electron chi connectivity index (χ0n) is 14.0. The van der Waals surface area contributed by atoms with Crippen LogP contribution in [0.25, 0.3) is 0 Å². The first kappa shape index (κ1) is 17.5. The first-order valence-corrected chi connectivity index (χ1v) is 7.82. The van der Waals surface area contributed by atoms with Gasteiger partial charge < -0.3 is 15.5 Å². The minimum atomic E-state index is -0.00722. The molecular weight excluding hydrogens is 262 g/mol. The van der Waals surface area contributed by atoms with Crippen LogP contribution in [-0.4, -0.2) is 43.5 Å². The van der Waals surface area contributed by atoms with E-state index < -0.39 is 0 Å². The molecule has 1 rings (SSSR count). The van der Waals surface area contributed by atoms with Gasteiger partial charge in [0.25, 0.3) is 5.91 Å². The van der Waals surface area contributed by atoms with Crippen molar-refractivity contribution in [2.24, 2.45) is 0 Å². The number of hydrogen-bond acceptors (Lipinski definition) is 3. The van der Waals surface area contributed by atoms with Crippen molar-refractivity contribution in [2.75, 3.05) is 32.0 Å². The van der Waals surface area contributed by atoms with E-state index in [0.29, 0.717) is 12.6 Å². The molecule has 1 amide bonds. The lowest BCUT2D eigenvalue weighted by molar-refractivity contribution is 0.0948. The highest BCUT2D eigenvalue weighted by Gasteiger charge is 2.12. The molecule has 21 heavy (non-hydrogen) atoms. The largest absolute Gasteiger partial charge is 0.385 e. The molecule has 1 atom stereocenters. The van der Waals surface area contributed by atoms with Gasteiger partial charge in [-0.05, 0) is 46.4 Å². The summed E-state index contributed by atoms with van der Waals surface area (Å²) in [6.07, 6.45) is 1.12. The summed E-state index contributed by atoms with van der Waals surface area (Å²) >= 11 is 0. The summed E-state index contributed by atoms with van der Waals surface area (Å²) < 4.78 is 0. The van der Waals surface area contributed by atoms with Crippen LogP contribution in [0.1, 0.15) is 43.1 Å². The Hall–Kier alpha value is -1.55. The Morgan fingerprint density at radius 3 is 2.67 bits per heavy atom. The molecule has 118 valence electrons. The fourth-order valence-electron chi connectivity index (χ4n) is 2.16. The average molecular weight is 291 g/mol. The van der Waals surface area contributed by atoms with Crippen molar-refractivity contribution >= 4 is 11.6 Å². The number of rotatable bonds is 8. The monoisotopic (exact) mass is 291 g/mol. The van der Waals surface area contributed by atoms with Gasteiger partial charge in [0.15, 0.2) is 0 Å². The fraction of sp³-hybridized carbons (Fsp3) is 0.588. The molecule has 0 saturated carbocycles. The Kier molecular flexibility index (Phi) is 7.23. The van der Waals surface area contributed by atoms with Crippen molar-refractivity contribution < 1.29 is 4.79 Å². The SMILES string of the molecule is CCNc1ccc(C)cc1C(=O)NCCN(C)C(C)CC. The van der Waals surface area contributed by atoms with Gasteiger partial charge in [0.05, 0.1) is 5.56 Å². The van der Waals surface area contributed by atoms with Gasteiger partial charge in [-0.15, -0.1) is 0 Å². The van der Waals surface area contributed by atoms with E-state index in [1.165, 1.54) is 0 Å². The van der Waals surface area contributed by atoms with E-state index in [0.717, 1.165) is 36.3 Å². The lowest BCUT2D eigenvalue weighted by Crippen LogP contribution is -2.37. The van der Waals surface area contributed by atoms with Gasteiger partial charge in [0, 0.05) is 31.4 Å². The average Bonchev–Trinajstić information content (AvgIpc) is 2.48. The van der Waals surface area contributed by atoms with Gasteiger partial charge in [0.2, 0.25) is 0 Å². The van der Waals surface area contributed by atoms with Gasteiger partial charge in [0.1, 0.15) is 0 Å². The molecule has 0 aliphatic heterocycles. The molecule has 0 radical (unpaired) electrons. The van der Waals surface area contributed by atoms with E-state index in [9.17, 15) is 4.79 Å². The van der Waals surface area contributed by atoms with Crippen LogP contribution in [0.3, 0.4) is 0 Å². The molecule has 0 aromatic heterocycles. The van der Waals surface area contributed by atoms with Crippen molar-refractivity contribution in [1.82, 2.24) is 10.2 Å². The highest BCUT2D eigenvalue weighted by atomic mass is 16.1. The Labute approximate surface area is 128 Å². The number of benzene rings is 1. The smallest absolute Gasteiger partial charge is 0.253 e. The number of amides is 1. The second-order valence-corrected chi connectivity index (χ2v) is 5.57. The Balaban J connectivity index is 2.61. The van der Waals surface area contributed by atoms with E-state index in [-0.39, 0.29) is 5.91 Å². The van der Waals surface area contributed by atoms with Crippen molar-refractivity contribution in [3.8, 4) is 0 Å². The highest BCUT2D eigenvalue weighted by Crippen LogP contribution is 2.17. The predicted octanol–water partition coefficient (Wildman–Crippen LogP) is 2.89. The third-order valence-corrected chi connectivity index (χ3v) is 3.88. The third-order valence-electron chi connectivity index (χ3n) is 3.88. The van der Waals surface area contributed by atoms with Crippen molar-refractivity contribution in [1.29, 1.82) is 0 Å². The van der Waals surface area contributed by atoms with Gasteiger partial charge in [-0.25, -0.2) is 0 Å². The number of carbonyl (C=O) groups excluding carboxylic acids is 1. The van der Waals surface area contributed by atoms with Gasteiger partial charge in [-0.1, -0.05) is 18.6 Å². The Morgan fingerprint density at radius 1 is 1.33 bits per heavy atom. The van der Waals surface area contributed by atoms with Gasteiger partial charge in [-0.3, -0.25) is 4.79 Å². The highest BCUT2D eigenvalue weighted by molar-refractivity contribution is 5.99. The molecule has 1 unspecified atom stereocenters. The predicted molar refractivity (Wildman–Crippen MR) is 90.1 cm³/mol. The van der Waals surface area contributed by atoms with Crippen LogP contribution in [0.5, 0.6) is 0 Å². The summed E-state index contributed by atoms with van der Waals surface area (Å²) in [4.78, 5) is 14.6. The molecule has 0 saturated heterocycles. The summed E-state index contributed by atoms with van der Waals surface area (Å²) in [6, 6.07) is 6.47. The number of anilines is 1. The van der Waals surface area contributed by atoms with Crippen molar-refractivity contribution in [2.45, 2.75) is 40.2 Å². The molecular formula is C17H29N3O. The van der Waals surface area contributed by atoms with Gasteiger partial charge >= 0.3 is 0 Å². The molecule has 0 spiro atoms. The summed E-state index contributed by atoms with van der Waals surface area (Å²) in [5, 5.41) is 6.25. The van der Waals surface area contributed by atoms with E-state index in [1.807, 2.05) is 32.0 Å². The van der Waals surface area contributed by atoms with Crippen LogP contribution in [0.15, 0.2) is 18.2 Å². The molecule has 1 aromatic rings. The number of nitrogens with zero attached hydrogens (tertiary/aromatic N) is 1. The van der Waals surface area contributed by atoms with Crippen LogP contribution in [0, 0.1) is 6.92 Å². The van der Waals surface area contributed by atoms with E-state index in [2.05, 4.69) is 36.4 Å². The van der Waals surface area contributed by atoms with Crippen LogP contribution in [-0.2, 0) is 0 Å². The summed E-state index contributed by atoms with van der Waals surface area (Å²) in [7, 11) is 2.09. The molecule has 2 N–H and O–H groups in total. The maximum atomic E-state index is 12.3. The van der Waals surface area contributed by atoms with Crippen molar-refractivity contribution in [3.05, 3.63) is 29.3 Å². The summed E-state index contributed by atoms with van der Waals surface area (Å²) in [5.74, 6) is -0.00722. The van der Waals surface area contributed by atoms with Gasteiger partial charge in [-0.2, -0.15) is 0 Å². The molecule has 4 nitrogen and oxygen atoms in total. The summed E-state index contributed by atoms with van der Waals surface area (Å²) in [5.41, 5.74) is 2.72. The van der Waals surface area contributed by atoms with Crippen LogP contribution < -0.4 is 10.6 Å². The quantitative estimate of drug-likeness (QED) is 0.774. The second kappa shape index (κ2) is 8.67. The van der Waals surface area contributed by atoms with Crippen LogP contribution >= 0.6 is 0 Å². The van der Waals surface area contributed by atoms with E-state index in [1.54, 1.807) is 0 Å². The standard InChI is InChI=1S/C17H29N3O/c1-6-14(4)20(5)11-10-19-17(21)15-12-13(3)8-9-16(15)18-7-2/h8-9,12,14,18H,6-7,10-11H2,1-5H3,(H,19,21). The maximum Gasteiger partial charge on any atom is 0.253 e. The van der Waals surface area contributed by atoms with E-state index in [4.69, 9.17) is 0 Å². The fourth-order valence-corrected chi connectivity index (χ4v) is 2.16. The maximum absolute atomic E-state index is 12.3. The number of carbonyl (C=O) groups is 1. The molecule has 0 aliphatic rings. The first-order valence-electron chi connectivity index (χ1n) is 7.82. The number of hydrogen-bond donors (Lipinski definition) is 2. The second-order valence-electron chi connectivity index (χ2n) is 5.57. The topological polar surface area (TPSA) is 44.4 Å². The summed E-state index contributed by atoms with van der Waals surface area (Å²) in [6.45, 7) is 10.7. The number of aryl methyl sites for hydroxylation is 1. The van der Waals surface area contributed by atoms with Crippen molar-refractivity contribution in [3.63, 3.8) is 0 Å². The van der Waals surface area contributed by atoms with Crippen LogP contribution in [0.2, 0.25) is 0 Å². The molecule has 4 heteroatoms. The zero-order valence-corrected chi connectivity index (χ0v) is 14.0. The van der Waals surface area contributed by atoms with Crippen LogP contribution in [0.4, 0.5) is 5.69 Å². The number of likely N-dealkylation sites (N-methyl/N-ethyl adjacent to an activating group) is 1. The normalized spacial score (nSPS) is 12.3. The molecule has 0 fully saturated rings. The number of nitrogens with one attached hydrogen (secondary N) is 2. The minimum absolute atomic E-state index is 0.00722. The molecule has 1 aromatic carbocycles. The molecule has 0 heterocycles. The minimum Gasteiger partial charge on any atom is -0.385 e. The third kappa shape index (κ3) is 5.38. The Morgan fingerprint density at radius 2 is 2.05 bits per heavy atom.